The van der Waals surface area contributed by atoms with Crippen molar-refractivity contribution in [1.29, 1.82) is 0 Å². The van der Waals surface area contributed by atoms with Crippen molar-refractivity contribution in [2.24, 2.45) is 5.92 Å². The van der Waals surface area contributed by atoms with Crippen LogP contribution in [-0.4, -0.2) is 24.5 Å². The number of hydrogen-bond acceptors (Lipinski definition) is 5. The lowest BCUT2D eigenvalue weighted by molar-refractivity contribution is -0.134. The van der Waals surface area contributed by atoms with E-state index >= 15 is 0 Å². The van der Waals surface area contributed by atoms with Crippen LogP contribution in [0.4, 0.5) is 0 Å². The SMILES string of the molecule is O=C(OCC[C@H](Cc1ccccc1)C(=O)NOC(=O)c1ccccc1)c1ccccc1. The van der Waals surface area contributed by atoms with Crippen molar-refractivity contribution in [2.45, 2.75) is 12.8 Å². The van der Waals surface area contributed by atoms with Gasteiger partial charge in [-0.25, -0.2) is 9.59 Å². The average Bonchev–Trinajstić information content (AvgIpc) is 2.83. The van der Waals surface area contributed by atoms with E-state index in [0.717, 1.165) is 5.56 Å². The number of carbonyl (C=O) groups is 3. The van der Waals surface area contributed by atoms with Gasteiger partial charge in [0.15, 0.2) is 0 Å². The van der Waals surface area contributed by atoms with Gasteiger partial charge in [0.1, 0.15) is 0 Å². The van der Waals surface area contributed by atoms with Crippen molar-refractivity contribution in [2.75, 3.05) is 6.61 Å². The molecule has 0 heterocycles. The van der Waals surface area contributed by atoms with E-state index < -0.39 is 23.8 Å². The highest BCUT2D eigenvalue weighted by Crippen LogP contribution is 2.14. The first-order valence-corrected chi connectivity index (χ1v) is 9.95. The third kappa shape index (κ3) is 6.82. The highest BCUT2D eigenvalue weighted by Gasteiger charge is 2.22. The zero-order valence-electron chi connectivity index (χ0n) is 16.9. The van der Waals surface area contributed by atoms with Crippen LogP contribution >= 0.6 is 0 Å². The van der Waals surface area contributed by atoms with Gasteiger partial charge in [-0.05, 0) is 42.7 Å². The predicted molar refractivity (Wildman–Crippen MR) is 115 cm³/mol. The largest absolute Gasteiger partial charge is 0.462 e. The summed E-state index contributed by atoms with van der Waals surface area (Å²) in [4.78, 5) is 41.9. The maximum atomic E-state index is 12.7. The maximum Gasteiger partial charge on any atom is 0.362 e. The second kappa shape index (κ2) is 11.3. The van der Waals surface area contributed by atoms with Gasteiger partial charge in [0.25, 0.3) is 5.91 Å². The molecule has 6 nitrogen and oxygen atoms in total. The summed E-state index contributed by atoms with van der Waals surface area (Å²) in [6.07, 6.45) is 0.695. The highest BCUT2D eigenvalue weighted by molar-refractivity contribution is 5.90. The van der Waals surface area contributed by atoms with Gasteiger partial charge in [-0.3, -0.25) is 4.79 Å². The molecule has 0 radical (unpaired) electrons. The molecule has 3 rings (SSSR count). The Hall–Kier alpha value is -3.93. The maximum absolute atomic E-state index is 12.7. The summed E-state index contributed by atoms with van der Waals surface area (Å²) in [5, 5.41) is 0. The Bertz CT molecular complexity index is 990. The van der Waals surface area contributed by atoms with E-state index in [0.29, 0.717) is 17.5 Å². The van der Waals surface area contributed by atoms with Crippen LogP contribution in [0.25, 0.3) is 0 Å². The standard InChI is InChI=1S/C25H23NO5/c27-23(26-31-25(29)21-14-8-3-9-15-21)22(18-19-10-4-1-5-11-19)16-17-30-24(28)20-12-6-2-7-13-20/h1-15,22H,16-18H2,(H,26,27)/t22-/m1/s1. The van der Waals surface area contributed by atoms with Crippen molar-refractivity contribution in [1.82, 2.24) is 5.48 Å². The molecule has 158 valence electrons. The van der Waals surface area contributed by atoms with E-state index in [1.807, 2.05) is 36.4 Å². The van der Waals surface area contributed by atoms with Crippen molar-refractivity contribution in [3.05, 3.63) is 108 Å². The van der Waals surface area contributed by atoms with Crippen LogP contribution in [0.15, 0.2) is 91.0 Å². The van der Waals surface area contributed by atoms with Crippen LogP contribution in [0.5, 0.6) is 0 Å². The molecule has 31 heavy (non-hydrogen) atoms. The molecule has 0 aliphatic rings. The molecule has 0 aliphatic heterocycles. The fourth-order valence-corrected chi connectivity index (χ4v) is 2.99. The molecule has 6 heteroatoms. The molecule has 0 fully saturated rings. The second-order valence-corrected chi connectivity index (χ2v) is 6.90. The minimum atomic E-state index is -0.650. The molecule has 1 N–H and O–H groups in total. The summed E-state index contributed by atoms with van der Waals surface area (Å²) in [6, 6.07) is 26.5. The lowest BCUT2D eigenvalue weighted by Gasteiger charge is -2.17. The summed E-state index contributed by atoms with van der Waals surface area (Å²) in [5.41, 5.74) is 3.97. The van der Waals surface area contributed by atoms with E-state index in [4.69, 9.17) is 9.57 Å². The lowest BCUT2D eigenvalue weighted by atomic mass is 9.96. The number of hydrogen-bond donors (Lipinski definition) is 1. The van der Waals surface area contributed by atoms with Crippen LogP contribution in [0, 0.1) is 5.92 Å². The van der Waals surface area contributed by atoms with Crippen LogP contribution in [0.3, 0.4) is 0 Å². The quantitative estimate of drug-likeness (QED) is 0.443. The Morgan fingerprint density at radius 3 is 1.81 bits per heavy atom. The van der Waals surface area contributed by atoms with E-state index in [-0.39, 0.29) is 13.0 Å². The van der Waals surface area contributed by atoms with Crippen molar-refractivity contribution >= 4 is 17.8 Å². The number of nitrogens with one attached hydrogen (secondary N) is 1. The van der Waals surface area contributed by atoms with Gasteiger partial charge in [-0.2, -0.15) is 5.48 Å². The van der Waals surface area contributed by atoms with Crippen molar-refractivity contribution in [3.8, 4) is 0 Å². The van der Waals surface area contributed by atoms with Gasteiger partial charge in [0.2, 0.25) is 0 Å². The number of rotatable bonds is 8. The third-order valence-electron chi connectivity index (χ3n) is 4.66. The number of esters is 1. The summed E-state index contributed by atoms with van der Waals surface area (Å²) < 4.78 is 5.31. The first-order valence-electron chi connectivity index (χ1n) is 9.95. The van der Waals surface area contributed by atoms with Gasteiger partial charge in [-0.15, -0.1) is 0 Å². The molecule has 3 aromatic carbocycles. The number of ether oxygens (including phenoxy) is 1. The van der Waals surface area contributed by atoms with Crippen LogP contribution in [0.1, 0.15) is 32.7 Å². The first kappa shape index (κ1) is 21.8. The Balaban J connectivity index is 1.58. The van der Waals surface area contributed by atoms with Gasteiger partial charge in [0, 0.05) is 5.92 Å². The Kier molecular flexibility index (Phi) is 7.94. The van der Waals surface area contributed by atoms with Crippen LogP contribution in [-0.2, 0) is 20.8 Å². The van der Waals surface area contributed by atoms with Gasteiger partial charge >= 0.3 is 11.9 Å². The molecule has 1 amide bonds. The molecular formula is C25H23NO5. The number of hydroxylamine groups is 1. The van der Waals surface area contributed by atoms with E-state index in [2.05, 4.69) is 5.48 Å². The summed E-state index contributed by atoms with van der Waals surface area (Å²) in [7, 11) is 0. The number of amides is 1. The summed E-state index contributed by atoms with van der Waals surface area (Å²) >= 11 is 0. The average molecular weight is 417 g/mol. The molecular weight excluding hydrogens is 394 g/mol. The first-order chi connectivity index (χ1) is 15.1. The minimum absolute atomic E-state index is 0.0608. The molecule has 0 bridgehead atoms. The fraction of sp³-hybridized carbons (Fsp3) is 0.160. The molecule has 0 saturated heterocycles. The number of benzene rings is 3. The molecule has 0 aromatic heterocycles. The van der Waals surface area contributed by atoms with E-state index in [9.17, 15) is 14.4 Å². The normalized spacial score (nSPS) is 11.2. The lowest BCUT2D eigenvalue weighted by Crippen LogP contribution is -2.34. The second-order valence-electron chi connectivity index (χ2n) is 6.90. The molecule has 0 aliphatic carbocycles. The highest BCUT2D eigenvalue weighted by atomic mass is 16.7. The zero-order valence-corrected chi connectivity index (χ0v) is 16.9. The van der Waals surface area contributed by atoms with Gasteiger partial charge < -0.3 is 9.57 Å². The Morgan fingerprint density at radius 2 is 1.23 bits per heavy atom. The molecule has 3 aromatic rings. The predicted octanol–water partition coefficient (Wildman–Crippen LogP) is 3.98. The molecule has 1 atom stereocenters. The summed E-state index contributed by atoms with van der Waals surface area (Å²) in [5.74, 6) is -2.10. The van der Waals surface area contributed by atoms with Crippen molar-refractivity contribution < 1.29 is 24.0 Å². The topological polar surface area (TPSA) is 81.7 Å². The van der Waals surface area contributed by atoms with Crippen LogP contribution in [0.2, 0.25) is 0 Å². The fourth-order valence-electron chi connectivity index (χ4n) is 2.99. The Labute approximate surface area is 180 Å². The minimum Gasteiger partial charge on any atom is -0.462 e. The van der Waals surface area contributed by atoms with Crippen molar-refractivity contribution in [3.63, 3.8) is 0 Å². The number of carbonyl (C=O) groups excluding carboxylic acids is 3. The van der Waals surface area contributed by atoms with Crippen LogP contribution < -0.4 is 5.48 Å². The Morgan fingerprint density at radius 1 is 0.710 bits per heavy atom. The molecule has 0 unspecified atom stereocenters. The van der Waals surface area contributed by atoms with E-state index in [1.54, 1.807) is 54.6 Å². The monoisotopic (exact) mass is 417 g/mol. The van der Waals surface area contributed by atoms with Gasteiger partial charge in [-0.1, -0.05) is 66.7 Å². The molecule has 0 spiro atoms. The summed E-state index contributed by atoms with van der Waals surface area (Å²) in [6.45, 7) is 0.0608. The smallest absolute Gasteiger partial charge is 0.362 e. The molecule has 0 saturated carbocycles. The third-order valence-corrected chi connectivity index (χ3v) is 4.66. The van der Waals surface area contributed by atoms with E-state index in [1.165, 1.54) is 0 Å². The van der Waals surface area contributed by atoms with Gasteiger partial charge in [0.05, 0.1) is 17.7 Å². The zero-order chi connectivity index (χ0) is 21.9.